The van der Waals surface area contributed by atoms with Gasteiger partial charge in [0.2, 0.25) is 0 Å². The average Bonchev–Trinajstić information content (AvgIpc) is 3.07. The summed E-state index contributed by atoms with van der Waals surface area (Å²) < 4.78 is 28.1. The number of rotatable bonds is 4. The standard InChI is InChI=1S/C21H17ClN2O2S2/c22-17-11-13-18(14-12-17)28(25,26)24-19(15-7-3-1-4-8-15)20(27-21(24)23)16-9-5-2-6-10-16/h1-14,19-20,23H/t19-,20+/m1/s1. The number of nitrogens with zero attached hydrogens (tertiary/aromatic N) is 1. The fourth-order valence-corrected chi connectivity index (χ4v) is 6.57. The first-order valence-electron chi connectivity index (χ1n) is 8.63. The van der Waals surface area contributed by atoms with Crippen LogP contribution in [0, 0.1) is 5.41 Å². The molecule has 3 aromatic carbocycles. The molecule has 28 heavy (non-hydrogen) atoms. The summed E-state index contributed by atoms with van der Waals surface area (Å²) in [5.74, 6) is 0. The van der Waals surface area contributed by atoms with Crippen LogP contribution in [0.5, 0.6) is 0 Å². The Kier molecular flexibility index (Phi) is 5.19. The summed E-state index contributed by atoms with van der Waals surface area (Å²) in [4.78, 5) is 0.122. The van der Waals surface area contributed by atoms with Crippen LogP contribution in [0.25, 0.3) is 0 Å². The molecule has 0 saturated carbocycles. The molecule has 1 N–H and O–H groups in total. The largest absolute Gasteiger partial charge is 0.278 e. The fraction of sp³-hybridized carbons (Fsp3) is 0.0952. The molecular formula is C21H17ClN2O2S2. The van der Waals surface area contributed by atoms with Crippen molar-refractivity contribution in [3.8, 4) is 0 Å². The molecule has 1 heterocycles. The molecule has 1 aliphatic rings. The topological polar surface area (TPSA) is 61.2 Å². The second-order valence-electron chi connectivity index (χ2n) is 6.36. The van der Waals surface area contributed by atoms with E-state index < -0.39 is 16.1 Å². The van der Waals surface area contributed by atoms with Crippen molar-refractivity contribution in [3.05, 3.63) is 101 Å². The highest BCUT2D eigenvalue weighted by Gasteiger charge is 2.46. The van der Waals surface area contributed by atoms with Crippen LogP contribution in [-0.2, 0) is 10.0 Å². The number of halogens is 1. The van der Waals surface area contributed by atoms with Crippen LogP contribution in [0.1, 0.15) is 22.4 Å². The van der Waals surface area contributed by atoms with Crippen molar-refractivity contribution < 1.29 is 8.42 Å². The quantitative estimate of drug-likeness (QED) is 0.597. The molecule has 4 rings (SSSR count). The molecule has 1 aliphatic heterocycles. The average molecular weight is 429 g/mol. The Hall–Kier alpha value is -2.28. The molecule has 142 valence electrons. The molecule has 0 aliphatic carbocycles. The first kappa shape index (κ1) is 19.1. The summed E-state index contributed by atoms with van der Waals surface area (Å²) in [6.45, 7) is 0. The van der Waals surface area contributed by atoms with Crippen molar-refractivity contribution in [1.82, 2.24) is 4.31 Å². The maximum Gasteiger partial charge on any atom is 0.266 e. The van der Waals surface area contributed by atoms with Gasteiger partial charge in [-0.2, -0.15) is 0 Å². The van der Waals surface area contributed by atoms with Crippen LogP contribution >= 0.6 is 23.4 Å². The Balaban J connectivity index is 1.85. The van der Waals surface area contributed by atoms with E-state index in [2.05, 4.69) is 0 Å². The van der Waals surface area contributed by atoms with E-state index in [1.54, 1.807) is 12.1 Å². The van der Waals surface area contributed by atoms with Gasteiger partial charge in [0.25, 0.3) is 10.0 Å². The minimum Gasteiger partial charge on any atom is -0.278 e. The minimum absolute atomic E-state index is 0.0117. The van der Waals surface area contributed by atoms with Crippen LogP contribution in [0.15, 0.2) is 89.8 Å². The SMILES string of the molecule is N=C1S[C@@H](c2ccccc2)[C@@H](c2ccccc2)N1S(=O)(=O)c1ccc(Cl)cc1. The number of hydrogen-bond donors (Lipinski definition) is 1. The second kappa shape index (κ2) is 7.62. The van der Waals surface area contributed by atoms with Crippen LogP contribution in [0.3, 0.4) is 0 Å². The van der Waals surface area contributed by atoms with E-state index in [-0.39, 0.29) is 15.3 Å². The molecule has 3 aromatic rings. The Labute approximate surface area is 173 Å². The summed E-state index contributed by atoms with van der Waals surface area (Å²) in [6, 6.07) is 24.8. The Morgan fingerprint density at radius 2 is 1.36 bits per heavy atom. The van der Waals surface area contributed by atoms with Gasteiger partial charge in [0.15, 0.2) is 5.17 Å². The smallest absolute Gasteiger partial charge is 0.266 e. The fourth-order valence-electron chi connectivity index (χ4n) is 3.32. The highest BCUT2D eigenvalue weighted by molar-refractivity contribution is 8.15. The van der Waals surface area contributed by atoms with Crippen molar-refractivity contribution in [2.75, 3.05) is 0 Å². The molecule has 0 amide bonds. The number of benzene rings is 3. The molecule has 1 fully saturated rings. The molecule has 2 atom stereocenters. The lowest BCUT2D eigenvalue weighted by atomic mass is 9.98. The predicted molar refractivity (Wildman–Crippen MR) is 114 cm³/mol. The lowest BCUT2D eigenvalue weighted by Gasteiger charge is -2.28. The molecule has 0 bridgehead atoms. The predicted octanol–water partition coefficient (Wildman–Crippen LogP) is 5.49. The first-order chi connectivity index (χ1) is 13.5. The molecule has 0 unspecified atom stereocenters. The van der Waals surface area contributed by atoms with E-state index in [9.17, 15) is 8.42 Å². The van der Waals surface area contributed by atoms with Crippen LogP contribution < -0.4 is 0 Å². The van der Waals surface area contributed by atoms with Crippen molar-refractivity contribution in [2.24, 2.45) is 0 Å². The van der Waals surface area contributed by atoms with Gasteiger partial charge in [-0.25, -0.2) is 12.7 Å². The van der Waals surface area contributed by atoms with E-state index in [0.717, 1.165) is 11.1 Å². The molecule has 4 nitrogen and oxygen atoms in total. The van der Waals surface area contributed by atoms with E-state index in [4.69, 9.17) is 17.0 Å². The van der Waals surface area contributed by atoms with Gasteiger partial charge in [-0.1, -0.05) is 84.0 Å². The summed E-state index contributed by atoms with van der Waals surface area (Å²) in [6.07, 6.45) is 0. The highest BCUT2D eigenvalue weighted by Crippen LogP contribution is 2.52. The van der Waals surface area contributed by atoms with Gasteiger partial charge in [0.05, 0.1) is 16.2 Å². The van der Waals surface area contributed by atoms with Crippen LogP contribution in [-0.4, -0.2) is 17.9 Å². The van der Waals surface area contributed by atoms with Crippen molar-refractivity contribution in [2.45, 2.75) is 16.2 Å². The summed E-state index contributed by atoms with van der Waals surface area (Å²) in [5.41, 5.74) is 1.84. The van der Waals surface area contributed by atoms with Crippen molar-refractivity contribution in [1.29, 1.82) is 5.41 Å². The summed E-state index contributed by atoms with van der Waals surface area (Å²) in [7, 11) is -3.91. The number of nitrogens with one attached hydrogen (secondary N) is 1. The van der Waals surface area contributed by atoms with Crippen molar-refractivity contribution >= 4 is 38.6 Å². The number of sulfonamides is 1. The number of hydrogen-bond acceptors (Lipinski definition) is 4. The number of amidine groups is 1. The zero-order valence-corrected chi connectivity index (χ0v) is 17.1. The zero-order valence-electron chi connectivity index (χ0n) is 14.7. The van der Waals surface area contributed by atoms with E-state index in [1.807, 2.05) is 60.7 Å². The third-order valence-corrected chi connectivity index (χ3v) is 7.98. The normalized spacial score (nSPS) is 19.8. The van der Waals surface area contributed by atoms with E-state index >= 15 is 0 Å². The van der Waals surface area contributed by atoms with Gasteiger partial charge < -0.3 is 0 Å². The van der Waals surface area contributed by atoms with Crippen LogP contribution in [0.2, 0.25) is 5.02 Å². The summed E-state index contributed by atoms with van der Waals surface area (Å²) >= 11 is 7.18. The van der Waals surface area contributed by atoms with Gasteiger partial charge in [-0.3, -0.25) is 5.41 Å². The monoisotopic (exact) mass is 428 g/mol. The molecule has 0 aromatic heterocycles. The lowest BCUT2D eigenvalue weighted by Crippen LogP contribution is -2.34. The Bertz CT molecular complexity index is 1090. The maximum absolute atomic E-state index is 13.4. The molecule has 7 heteroatoms. The van der Waals surface area contributed by atoms with Gasteiger partial charge in [0.1, 0.15) is 0 Å². The van der Waals surface area contributed by atoms with Gasteiger partial charge in [-0.05, 0) is 35.4 Å². The first-order valence-corrected chi connectivity index (χ1v) is 11.3. The van der Waals surface area contributed by atoms with Crippen LogP contribution in [0.4, 0.5) is 0 Å². The third kappa shape index (κ3) is 3.43. The Morgan fingerprint density at radius 3 is 1.93 bits per heavy atom. The lowest BCUT2D eigenvalue weighted by molar-refractivity contribution is 0.444. The maximum atomic E-state index is 13.4. The summed E-state index contributed by atoms with van der Waals surface area (Å²) in [5, 5.41) is 8.76. The Morgan fingerprint density at radius 1 is 0.821 bits per heavy atom. The zero-order chi connectivity index (χ0) is 19.7. The molecule has 0 spiro atoms. The second-order valence-corrected chi connectivity index (χ2v) is 9.75. The van der Waals surface area contributed by atoms with E-state index in [0.29, 0.717) is 5.02 Å². The van der Waals surface area contributed by atoms with E-state index in [1.165, 1.54) is 28.2 Å². The van der Waals surface area contributed by atoms with Gasteiger partial charge in [-0.15, -0.1) is 0 Å². The number of thioether (sulfide) groups is 1. The van der Waals surface area contributed by atoms with Crippen molar-refractivity contribution in [3.63, 3.8) is 0 Å². The minimum atomic E-state index is -3.91. The third-order valence-electron chi connectivity index (χ3n) is 4.62. The molecule has 1 saturated heterocycles. The molecular weight excluding hydrogens is 412 g/mol. The molecule has 0 radical (unpaired) electrons. The van der Waals surface area contributed by atoms with Gasteiger partial charge in [0, 0.05) is 5.02 Å². The highest BCUT2D eigenvalue weighted by atomic mass is 35.5. The van der Waals surface area contributed by atoms with Gasteiger partial charge >= 0.3 is 0 Å².